The molecule has 0 unspecified atom stereocenters. The van der Waals surface area contributed by atoms with E-state index < -0.39 is 0 Å². The molecule has 28 heavy (non-hydrogen) atoms. The monoisotopic (exact) mass is 400 g/mol. The van der Waals surface area contributed by atoms with Crippen molar-refractivity contribution in [1.82, 2.24) is 5.32 Å². The van der Waals surface area contributed by atoms with Gasteiger partial charge in [0.15, 0.2) is 11.5 Å². The van der Waals surface area contributed by atoms with Crippen LogP contribution in [-0.2, 0) is 12.8 Å². The SMILES string of the molecule is CCC(C)(C)[C@@H]1CCc2c(sc3c2C(=O)N[C@H](c2ccc(OC)c(O)c2)N3)C1. The van der Waals surface area contributed by atoms with Gasteiger partial charge in [0.05, 0.1) is 12.7 Å². The summed E-state index contributed by atoms with van der Waals surface area (Å²) in [4.78, 5) is 14.3. The number of thiophene rings is 1. The van der Waals surface area contributed by atoms with Crippen LogP contribution in [0.1, 0.15) is 66.1 Å². The number of ether oxygens (including phenoxy) is 1. The van der Waals surface area contributed by atoms with Crippen LogP contribution in [-0.4, -0.2) is 18.1 Å². The van der Waals surface area contributed by atoms with Crippen molar-refractivity contribution < 1.29 is 14.6 Å². The number of amides is 1. The van der Waals surface area contributed by atoms with Gasteiger partial charge in [0.1, 0.15) is 11.2 Å². The van der Waals surface area contributed by atoms with E-state index in [4.69, 9.17) is 4.74 Å². The Labute approximate surface area is 170 Å². The summed E-state index contributed by atoms with van der Waals surface area (Å²) in [5, 5.41) is 17.5. The molecule has 2 atom stereocenters. The predicted octanol–water partition coefficient (Wildman–Crippen LogP) is 4.86. The lowest BCUT2D eigenvalue weighted by Crippen LogP contribution is -2.38. The maximum Gasteiger partial charge on any atom is 0.256 e. The Hall–Kier alpha value is -2.21. The normalized spacial score (nSPS) is 21.4. The van der Waals surface area contributed by atoms with Crippen molar-refractivity contribution >= 4 is 22.2 Å². The first-order valence-corrected chi connectivity index (χ1v) is 10.7. The van der Waals surface area contributed by atoms with Gasteiger partial charge in [-0.15, -0.1) is 11.3 Å². The number of phenolic OH excluding ortho intramolecular Hbond substituents is 1. The van der Waals surface area contributed by atoms with Crippen molar-refractivity contribution in [1.29, 1.82) is 0 Å². The van der Waals surface area contributed by atoms with Crippen LogP contribution < -0.4 is 15.4 Å². The lowest BCUT2D eigenvalue weighted by atomic mass is 9.69. The smallest absolute Gasteiger partial charge is 0.256 e. The maximum atomic E-state index is 12.9. The second-order valence-electron chi connectivity index (χ2n) is 8.47. The van der Waals surface area contributed by atoms with E-state index >= 15 is 0 Å². The summed E-state index contributed by atoms with van der Waals surface area (Å²) < 4.78 is 5.11. The Bertz CT molecular complexity index is 919. The summed E-state index contributed by atoms with van der Waals surface area (Å²) in [6, 6.07) is 5.20. The number of benzene rings is 1. The van der Waals surface area contributed by atoms with E-state index in [1.807, 2.05) is 6.07 Å². The molecule has 150 valence electrons. The lowest BCUT2D eigenvalue weighted by Gasteiger charge is -2.36. The van der Waals surface area contributed by atoms with Gasteiger partial charge in [-0.1, -0.05) is 33.3 Å². The average Bonchev–Trinajstić information content (AvgIpc) is 3.05. The minimum Gasteiger partial charge on any atom is -0.504 e. The highest BCUT2D eigenvalue weighted by atomic mass is 32.1. The lowest BCUT2D eigenvalue weighted by molar-refractivity contribution is 0.0934. The Morgan fingerprint density at radius 2 is 2.11 bits per heavy atom. The number of aromatic hydroxyl groups is 1. The minimum absolute atomic E-state index is 0.0280. The Kier molecular flexibility index (Phi) is 4.78. The van der Waals surface area contributed by atoms with E-state index in [9.17, 15) is 9.90 Å². The van der Waals surface area contributed by atoms with Crippen molar-refractivity contribution in [2.24, 2.45) is 11.3 Å². The van der Waals surface area contributed by atoms with Crippen LogP contribution in [0.25, 0.3) is 0 Å². The number of rotatable bonds is 4. The quantitative estimate of drug-likeness (QED) is 0.686. The van der Waals surface area contributed by atoms with Crippen LogP contribution in [0.15, 0.2) is 18.2 Å². The van der Waals surface area contributed by atoms with Crippen LogP contribution >= 0.6 is 11.3 Å². The molecule has 0 spiro atoms. The molecule has 3 N–H and O–H groups in total. The number of carbonyl (C=O) groups is 1. The fourth-order valence-corrected chi connectivity index (χ4v) is 5.66. The second-order valence-corrected chi connectivity index (χ2v) is 9.58. The van der Waals surface area contributed by atoms with Gasteiger partial charge >= 0.3 is 0 Å². The molecule has 0 saturated heterocycles. The highest BCUT2D eigenvalue weighted by molar-refractivity contribution is 7.16. The Morgan fingerprint density at radius 1 is 1.32 bits per heavy atom. The van der Waals surface area contributed by atoms with Gasteiger partial charge in [0.25, 0.3) is 5.91 Å². The topological polar surface area (TPSA) is 70.6 Å². The van der Waals surface area contributed by atoms with E-state index in [2.05, 4.69) is 31.4 Å². The molecule has 2 aromatic rings. The summed E-state index contributed by atoms with van der Waals surface area (Å²) in [5.74, 6) is 1.11. The third-order valence-corrected chi connectivity index (χ3v) is 7.78. The maximum absolute atomic E-state index is 12.9. The molecule has 4 rings (SSSR count). The van der Waals surface area contributed by atoms with Gasteiger partial charge in [-0.05, 0) is 53.9 Å². The van der Waals surface area contributed by atoms with Gasteiger partial charge in [-0.25, -0.2) is 0 Å². The molecule has 2 heterocycles. The van der Waals surface area contributed by atoms with Crippen molar-refractivity contribution in [3.8, 4) is 11.5 Å². The number of methoxy groups -OCH3 is 1. The number of nitrogens with one attached hydrogen (secondary N) is 2. The van der Waals surface area contributed by atoms with E-state index in [-0.39, 0.29) is 17.8 Å². The zero-order valence-electron chi connectivity index (χ0n) is 16.9. The zero-order valence-corrected chi connectivity index (χ0v) is 17.7. The molecular formula is C22H28N2O3S. The molecule has 0 bridgehead atoms. The first kappa shape index (κ1) is 19.1. The Balaban J connectivity index is 1.62. The summed E-state index contributed by atoms with van der Waals surface area (Å²) in [6.45, 7) is 6.97. The van der Waals surface area contributed by atoms with Gasteiger partial charge < -0.3 is 20.5 Å². The molecule has 1 amide bonds. The fraction of sp³-hybridized carbons (Fsp3) is 0.500. The molecule has 0 saturated carbocycles. The summed E-state index contributed by atoms with van der Waals surface area (Å²) >= 11 is 1.72. The van der Waals surface area contributed by atoms with Crippen molar-refractivity contribution in [3.63, 3.8) is 0 Å². The fourth-order valence-electron chi connectivity index (χ4n) is 4.31. The predicted molar refractivity (Wildman–Crippen MR) is 112 cm³/mol. The summed E-state index contributed by atoms with van der Waals surface area (Å²) in [6.07, 6.45) is 3.97. The molecule has 5 nitrogen and oxygen atoms in total. The number of fused-ring (bicyclic) bond motifs is 3. The number of anilines is 1. The van der Waals surface area contributed by atoms with Gasteiger partial charge in [-0.2, -0.15) is 0 Å². The molecular weight excluding hydrogens is 372 g/mol. The summed E-state index contributed by atoms with van der Waals surface area (Å²) in [5.41, 5.74) is 3.17. The van der Waals surface area contributed by atoms with E-state index in [0.29, 0.717) is 17.1 Å². The molecule has 2 aliphatic rings. The van der Waals surface area contributed by atoms with Crippen molar-refractivity contribution in [3.05, 3.63) is 39.8 Å². The highest BCUT2D eigenvalue weighted by Crippen LogP contribution is 2.47. The van der Waals surface area contributed by atoms with E-state index in [1.165, 1.54) is 24.0 Å². The van der Waals surface area contributed by atoms with Crippen LogP contribution in [0.2, 0.25) is 0 Å². The average molecular weight is 401 g/mol. The van der Waals surface area contributed by atoms with Crippen LogP contribution in [0.5, 0.6) is 11.5 Å². The first-order valence-electron chi connectivity index (χ1n) is 9.93. The van der Waals surface area contributed by atoms with E-state index in [0.717, 1.165) is 35.4 Å². The van der Waals surface area contributed by atoms with E-state index in [1.54, 1.807) is 23.5 Å². The molecule has 0 fully saturated rings. The number of hydrogen-bond acceptors (Lipinski definition) is 5. The second kappa shape index (κ2) is 6.99. The summed E-state index contributed by atoms with van der Waals surface area (Å²) in [7, 11) is 1.52. The Morgan fingerprint density at radius 3 is 2.79 bits per heavy atom. The van der Waals surface area contributed by atoms with Crippen LogP contribution in [0.4, 0.5) is 5.00 Å². The zero-order chi connectivity index (χ0) is 20.1. The molecule has 6 heteroatoms. The van der Waals surface area contributed by atoms with Gasteiger partial charge in [0, 0.05) is 4.88 Å². The number of carbonyl (C=O) groups excluding carboxylic acids is 1. The largest absolute Gasteiger partial charge is 0.504 e. The molecule has 1 aliphatic heterocycles. The van der Waals surface area contributed by atoms with Gasteiger partial charge in [0.2, 0.25) is 0 Å². The van der Waals surface area contributed by atoms with Gasteiger partial charge in [-0.3, -0.25) is 4.79 Å². The molecule has 1 aromatic heterocycles. The number of phenols is 1. The van der Waals surface area contributed by atoms with Crippen molar-refractivity contribution in [2.75, 3.05) is 12.4 Å². The first-order chi connectivity index (χ1) is 13.3. The van der Waals surface area contributed by atoms with Crippen molar-refractivity contribution in [2.45, 2.75) is 52.6 Å². The number of hydrogen-bond donors (Lipinski definition) is 3. The molecule has 1 aliphatic carbocycles. The molecule has 0 radical (unpaired) electrons. The highest BCUT2D eigenvalue weighted by Gasteiger charge is 2.37. The standard InChI is InChI=1S/C22H28N2O3S/c1-5-22(2,3)13-7-8-14-17(11-13)28-21-18(14)20(26)23-19(24-21)12-6-9-16(27-4)15(25)10-12/h6,9-10,13,19,24-25H,5,7-8,11H2,1-4H3,(H,23,26)/t13-,19+/m1/s1. The van der Waals surface area contributed by atoms with Crippen LogP contribution in [0, 0.1) is 11.3 Å². The molecule has 1 aromatic carbocycles. The van der Waals surface area contributed by atoms with Crippen LogP contribution in [0.3, 0.4) is 0 Å². The minimum atomic E-state index is -0.361. The third kappa shape index (κ3) is 3.13. The third-order valence-electron chi connectivity index (χ3n) is 6.60.